The maximum Gasteiger partial charge on any atom is 0.252 e. The van der Waals surface area contributed by atoms with Crippen LogP contribution in [0.3, 0.4) is 0 Å². The van der Waals surface area contributed by atoms with E-state index in [0.29, 0.717) is 19.1 Å². The summed E-state index contributed by atoms with van der Waals surface area (Å²) < 4.78 is 10.4. The van der Waals surface area contributed by atoms with Gasteiger partial charge in [-0.05, 0) is 19.8 Å². The first-order valence-corrected chi connectivity index (χ1v) is 5.65. The van der Waals surface area contributed by atoms with E-state index in [1.54, 1.807) is 7.11 Å². The molecule has 1 N–H and O–H groups in total. The fourth-order valence-corrected chi connectivity index (χ4v) is 1.79. The fourth-order valence-electron chi connectivity index (χ4n) is 1.62. The van der Waals surface area contributed by atoms with Crippen LogP contribution in [0.5, 0.6) is 0 Å². The smallest absolute Gasteiger partial charge is 0.252 e. The van der Waals surface area contributed by atoms with Crippen molar-refractivity contribution in [3.05, 3.63) is 0 Å². The molecule has 0 radical (unpaired) electrons. The number of hydrogen-bond acceptors (Lipinski definition) is 3. The first-order valence-electron chi connectivity index (χ1n) is 5.12. The molecule has 2 atom stereocenters. The van der Waals surface area contributed by atoms with Crippen molar-refractivity contribution in [1.29, 1.82) is 0 Å². The van der Waals surface area contributed by atoms with Gasteiger partial charge in [0.05, 0.1) is 12.6 Å². The molecule has 0 aliphatic carbocycles. The summed E-state index contributed by atoms with van der Waals surface area (Å²) in [6, 6.07) is -0.148. The molecule has 2 unspecified atom stereocenters. The first-order chi connectivity index (χ1) is 7.12. The standard InChI is InChI=1S/C10H18ClNO3/c1-10(4-3-5-15-10)9(13)12-8(6-11)7-14-2/h8H,3-7H2,1-2H3,(H,12,13). The van der Waals surface area contributed by atoms with Crippen LogP contribution in [0.15, 0.2) is 0 Å². The second-order valence-electron chi connectivity index (χ2n) is 3.96. The maximum absolute atomic E-state index is 11.9. The second-order valence-corrected chi connectivity index (χ2v) is 4.27. The van der Waals surface area contributed by atoms with Gasteiger partial charge in [-0.1, -0.05) is 0 Å². The highest BCUT2D eigenvalue weighted by Crippen LogP contribution is 2.25. The van der Waals surface area contributed by atoms with E-state index in [-0.39, 0.29) is 11.9 Å². The van der Waals surface area contributed by atoms with E-state index in [1.807, 2.05) is 6.92 Å². The van der Waals surface area contributed by atoms with Crippen LogP contribution in [-0.2, 0) is 14.3 Å². The minimum atomic E-state index is -0.682. The van der Waals surface area contributed by atoms with Crippen molar-refractivity contribution < 1.29 is 14.3 Å². The van der Waals surface area contributed by atoms with Crippen molar-refractivity contribution in [3.63, 3.8) is 0 Å². The van der Waals surface area contributed by atoms with Gasteiger partial charge in [-0.2, -0.15) is 0 Å². The highest BCUT2D eigenvalue weighted by molar-refractivity contribution is 6.18. The Bertz CT molecular complexity index is 217. The second kappa shape index (κ2) is 5.68. The predicted molar refractivity (Wildman–Crippen MR) is 58.1 cm³/mol. The van der Waals surface area contributed by atoms with Crippen molar-refractivity contribution in [2.24, 2.45) is 0 Å². The Morgan fingerprint density at radius 2 is 2.47 bits per heavy atom. The average Bonchev–Trinajstić information content (AvgIpc) is 2.65. The molecular weight excluding hydrogens is 218 g/mol. The van der Waals surface area contributed by atoms with Gasteiger partial charge < -0.3 is 14.8 Å². The number of rotatable bonds is 5. The van der Waals surface area contributed by atoms with Crippen LogP contribution in [0.25, 0.3) is 0 Å². The Morgan fingerprint density at radius 1 is 1.73 bits per heavy atom. The van der Waals surface area contributed by atoms with Crippen LogP contribution in [-0.4, -0.2) is 43.8 Å². The molecule has 5 heteroatoms. The molecule has 4 nitrogen and oxygen atoms in total. The lowest BCUT2D eigenvalue weighted by molar-refractivity contribution is -0.140. The number of carbonyl (C=O) groups excluding carboxylic acids is 1. The van der Waals surface area contributed by atoms with E-state index in [4.69, 9.17) is 21.1 Å². The van der Waals surface area contributed by atoms with E-state index < -0.39 is 5.60 Å². The molecule has 1 aliphatic rings. The van der Waals surface area contributed by atoms with Gasteiger partial charge in [0.15, 0.2) is 0 Å². The van der Waals surface area contributed by atoms with Gasteiger partial charge in [-0.15, -0.1) is 11.6 Å². The van der Waals surface area contributed by atoms with Gasteiger partial charge in [-0.3, -0.25) is 4.79 Å². The Hall–Kier alpha value is -0.320. The third-order valence-electron chi connectivity index (χ3n) is 2.59. The lowest BCUT2D eigenvalue weighted by Gasteiger charge is -2.25. The Morgan fingerprint density at radius 3 is 2.93 bits per heavy atom. The van der Waals surface area contributed by atoms with Crippen molar-refractivity contribution in [2.75, 3.05) is 26.2 Å². The molecule has 1 amide bonds. The van der Waals surface area contributed by atoms with E-state index >= 15 is 0 Å². The van der Waals surface area contributed by atoms with Crippen molar-refractivity contribution in [3.8, 4) is 0 Å². The molecule has 1 saturated heterocycles. The summed E-state index contributed by atoms with van der Waals surface area (Å²) in [6.07, 6.45) is 1.70. The molecule has 0 aromatic carbocycles. The van der Waals surface area contributed by atoms with E-state index in [0.717, 1.165) is 12.8 Å². The summed E-state index contributed by atoms with van der Waals surface area (Å²) in [4.78, 5) is 11.9. The van der Waals surface area contributed by atoms with Crippen LogP contribution in [0.1, 0.15) is 19.8 Å². The van der Waals surface area contributed by atoms with Gasteiger partial charge in [-0.25, -0.2) is 0 Å². The molecule has 0 aromatic rings. The molecule has 0 saturated carbocycles. The Labute approximate surface area is 95.3 Å². The summed E-state index contributed by atoms with van der Waals surface area (Å²) in [7, 11) is 1.58. The highest BCUT2D eigenvalue weighted by atomic mass is 35.5. The highest BCUT2D eigenvalue weighted by Gasteiger charge is 2.38. The van der Waals surface area contributed by atoms with Crippen LogP contribution in [0, 0.1) is 0 Å². The zero-order valence-electron chi connectivity index (χ0n) is 9.22. The topological polar surface area (TPSA) is 47.6 Å². The Kier molecular flexibility index (Phi) is 4.83. The first kappa shape index (κ1) is 12.7. The third kappa shape index (κ3) is 3.33. The van der Waals surface area contributed by atoms with Gasteiger partial charge in [0.25, 0.3) is 5.91 Å². The molecular formula is C10H18ClNO3. The number of alkyl halides is 1. The SMILES string of the molecule is COCC(CCl)NC(=O)C1(C)CCCO1. The molecule has 0 bridgehead atoms. The maximum atomic E-state index is 11.9. The molecule has 0 spiro atoms. The normalized spacial score (nSPS) is 27.7. The monoisotopic (exact) mass is 235 g/mol. The van der Waals surface area contributed by atoms with Crippen LogP contribution in [0.2, 0.25) is 0 Å². The molecule has 15 heavy (non-hydrogen) atoms. The third-order valence-corrected chi connectivity index (χ3v) is 2.96. The number of nitrogens with one attached hydrogen (secondary N) is 1. The van der Waals surface area contributed by atoms with Crippen LogP contribution >= 0.6 is 11.6 Å². The van der Waals surface area contributed by atoms with Crippen LogP contribution in [0.4, 0.5) is 0 Å². The Balaban J connectivity index is 2.45. The quantitative estimate of drug-likeness (QED) is 0.721. The number of carbonyl (C=O) groups is 1. The van der Waals surface area contributed by atoms with Crippen LogP contribution < -0.4 is 5.32 Å². The zero-order valence-corrected chi connectivity index (χ0v) is 9.97. The summed E-state index contributed by atoms with van der Waals surface area (Å²) in [5.74, 6) is 0.248. The summed E-state index contributed by atoms with van der Waals surface area (Å²) >= 11 is 5.71. The largest absolute Gasteiger partial charge is 0.383 e. The van der Waals surface area contributed by atoms with Gasteiger partial charge in [0.1, 0.15) is 5.60 Å². The molecule has 1 fully saturated rings. The summed E-state index contributed by atoms with van der Waals surface area (Å²) in [5, 5.41) is 2.83. The number of hydrogen-bond donors (Lipinski definition) is 1. The molecule has 1 aliphatic heterocycles. The number of amides is 1. The van der Waals surface area contributed by atoms with Crippen molar-refractivity contribution >= 4 is 17.5 Å². The number of ether oxygens (including phenoxy) is 2. The number of methoxy groups -OCH3 is 1. The van der Waals surface area contributed by atoms with Gasteiger partial charge in [0.2, 0.25) is 0 Å². The summed E-state index contributed by atoms with van der Waals surface area (Å²) in [5.41, 5.74) is -0.682. The zero-order chi connectivity index (χ0) is 11.3. The molecule has 1 rings (SSSR count). The molecule has 0 aromatic heterocycles. The molecule has 1 heterocycles. The fraction of sp³-hybridized carbons (Fsp3) is 0.900. The number of halogens is 1. The van der Waals surface area contributed by atoms with Crippen molar-refractivity contribution in [1.82, 2.24) is 5.32 Å². The predicted octanol–water partition coefficient (Wildman–Crippen LogP) is 0.925. The minimum Gasteiger partial charge on any atom is -0.383 e. The van der Waals surface area contributed by atoms with E-state index in [9.17, 15) is 4.79 Å². The average molecular weight is 236 g/mol. The minimum absolute atomic E-state index is 0.0947. The summed E-state index contributed by atoms with van der Waals surface area (Å²) in [6.45, 7) is 2.89. The lowest BCUT2D eigenvalue weighted by Crippen LogP contribution is -2.50. The van der Waals surface area contributed by atoms with E-state index in [1.165, 1.54) is 0 Å². The van der Waals surface area contributed by atoms with Gasteiger partial charge >= 0.3 is 0 Å². The lowest BCUT2D eigenvalue weighted by atomic mass is 10.0. The van der Waals surface area contributed by atoms with Gasteiger partial charge in [0, 0.05) is 19.6 Å². The van der Waals surface area contributed by atoms with E-state index in [2.05, 4.69) is 5.32 Å². The molecule has 88 valence electrons. The van der Waals surface area contributed by atoms with Crippen molar-refractivity contribution in [2.45, 2.75) is 31.4 Å².